The van der Waals surface area contributed by atoms with Gasteiger partial charge in [-0.05, 0) is 59.0 Å². The third-order valence-electron chi connectivity index (χ3n) is 7.55. The number of piperazine rings is 1. The highest BCUT2D eigenvalue weighted by Gasteiger charge is 2.21. The highest BCUT2D eigenvalue weighted by Crippen LogP contribution is 2.35. The van der Waals surface area contributed by atoms with Gasteiger partial charge in [0, 0.05) is 67.5 Å². The summed E-state index contributed by atoms with van der Waals surface area (Å²) in [6.45, 7) is 11.6. The molecular formula is C31H40N6. The van der Waals surface area contributed by atoms with Crippen molar-refractivity contribution in [3.05, 3.63) is 77.7 Å². The van der Waals surface area contributed by atoms with E-state index < -0.39 is 0 Å². The van der Waals surface area contributed by atoms with Gasteiger partial charge in [0.15, 0.2) is 0 Å². The molecule has 0 N–H and O–H groups in total. The molecule has 1 saturated heterocycles. The van der Waals surface area contributed by atoms with E-state index in [0.29, 0.717) is 0 Å². The van der Waals surface area contributed by atoms with Gasteiger partial charge in [0.2, 0.25) is 0 Å². The largest absolute Gasteiger partial charge is 0.354 e. The number of anilines is 1. The van der Waals surface area contributed by atoms with Crippen molar-refractivity contribution in [2.24, 2.45) is 0 Å². The molecule has 194 valence electrons. The standard InChI is InChI=1S/C31H40N6/c1-24-31(27-13-8-9-14-29(27)37(24)17-10-16-34(3)4)28-23-30(33-25(2)32-28)36-21-19-35(20-22-36)18-15-26-11-6-5-7-12-26/h5-9,11-14,23H,10,15-22H2,1-4H3. The third-order valence-corrected chi connectivity index (χ3v) is 7.55. The lowest BCUT2D eigenvalue weighted by atomic mass is 10.1. The zero-order valence-corrected chi connectivity index (χ0v) is 22.8. The van der Waals surface area contributed by atoms with Crippen molar-refractivity contribution in [3.8, 4) is 11.3 Å². The van der Waals surface area contributed by atoms with Gasteiger partial charge in [-0.15, -0.1) is 0 Å². The van der Waals surface area contributed by atoms with Crippen molar-refractivity contribution < 1.29 is 0 Å². The van der Waals surface area contributed by atoms with Gasteiger partial charge in [-0.2, -0.15) is 0 Å². The number of fused-ring (bicyclic) bond motifs is 1. The molecule has 37 heavy (non-hydrogen) atoms. The highest BCUT2D eigenvalue weighted by atomic mass is 15.3. The minimum absolute atomic E-state index is 0.836. The second kappa shape index (κ2) is 11.4. The van der Waals surface area contributed by atoms with Crippen LogP contribution in [-0.2, 0) is 13.0 Å². The summed E-state index contributed by atoms with van der Waals surface area (Å²) in [5, 5.41) is 1.28. The minimum Gasteiger partial charge on any atom is -0.354 e. The van der Waals surface area contributed by atoms with E-state index in [1.54, 1.807) is 0 Å². The van der Waals surface area contributed by atoms with Crippen LogP contribution >= 0.6 is 0 Å². The summed E-state index contributed by atoms with van der Waals surface area (Å²) in [4.78, 5) is 17.1. The van der Waals surface area contributed by atoms with Gasteiger partial charge in [0.25, 0.3) is 0 Å². The van der Waals surface area contributed by atoms with Crippen molar-refractivity contribution in [2.45, 2.75) is 33.2 Å². The minimum atomic E-state index is 0.836. The summed E-state index contributed by atoms with van der Waals surface area (Å²) in [5.41, 5.74) is 6.27. The molecule has 0 radical (unpaired) electrons. The van der Waals surface area contributed by atoms with E-state index in [9.17, 15) is 0 Å². The Labute approximate surface area is 221 Å². The number of rotatable bonds is 9. The molecule has 0 unspecified atom stereocenters. The number of hydrogen-bond acceptors (Lipinski definition) is 5. The van der Waals surface area contributed by atoms with Crippen LogP contribution in [0, 0.1) is 13.8 Å². The molecule has 0 aliphatic carbocycles. The molecule has 1 aliphatic rings. The third kappa shape index (κ3) is 5.86. The van der Waals surface area contributed by atoms with Crippen molar-refractivity contribution in [1.29, 1.82) is 0 Å². The molecule has 5 rings (SSSR count). The highest BCUT2D eigenvalue weighted by molar-refractivity contribution is 5.97. The van der Waals surface area contributed by atoms with Crippen molar-refractivity contribution >= 4 is 16.7 Å². The molecule has 1 fully saturated rings. The Bertz CT molecular complexity index is 1320. The van der Waals surface area contributed by atoms with Crippen molar-refractivity contribution in [3.63, 3.8) is 0 Å². The molecule has 2 aromatic carbocycles. The van der Waals surface area contributed by atoms with E-state index in [2.05, 4.69) is 101 Å². The molecule has 6 nitrogen and oxygen atoms in total. The molecule has 6 heteroatoms. The predicted octanol–water partition coefficient (Wildman–Crippen LogP) is 5.03. The SMILES string of the molecule is Cc1nc(-c2c(C)n(CCCN(C)C)c3ccccc23)cc(N2CCN(CCc3ccccc3)CC2)n1. The quantitative estimate of drug-likeness (QED) is 0.325. The van der Waals surface area contributed by atoms with Gasteiger partial charge in [-0.3, -0.25) is 4.90 Å². The van der Waals surface area contributed by atoms with Gasteiger partial charge < -0.3 is 14.4 Å². The molecule has 0 spiro atoms. The average Bonchev–Trinajstić information content (AvgIpc) is 3.19. The summed E-state index contributed by atoms with van der Waals surface area (Å²) in [6.07, 6.45) is 2.23. The molecule has 3 heterocycles. The van der Waals surface area contributed by atoms with Crippen molar-refractivity contribution in [2.75, 3.05) is 58.3 Å². The Morgan fingerprint density at radius 2 is 1.57 bits per heavy atom. The van der Waals surface area contributed by atoms with Crippen LogP contribution in [0.15, 0.2) is 60.7 Å². The van der Waals surface area contributed by atoms with Crippen LogP contribution in [0.2, 0.25) is 0 Å². The number of benzene rings is 2. The van der Waals surface area contributed by atoms with Crippen LogP contribution in [0.5, 0.6) is 0 Å². The van der Waals surface area contributed by atoms with Crippen LogP contribution in [0.1, 0.15) is 23.5 Å². The van der Waals surface area contributed by atoms with Crippen LogP contribution in [-0.4, -0.2) is 77.7 Å². The number of hydrogen-bond donors (Lipinski definition) is 0. The normalized spacial score (nSPS) is 14.7. The second-order valence-corrected chi connectivity index (χ2v) is 10.5. The van der Waals surface area contributed by atoms with E-state index in [-0.39, 0.29) is 0 Å². The second-order valence-electron chi connectivity index (χ2n) is 10.5. The fraction of sp³-hybridized carbons (Fsp3) is 0.419. The molecule has 2 aromatic heterocycles. The average molecular weight is 497 g/mol. The first-order chi connectivity index (χ1) is 18.0. The molecule has 0 saturated carbocycles. The topological polar surface area (TPSA) is 40.4 Å². The Morgan fingerprint density at radius 3 is 2.32 bits per heavy atom. The fourth-order valence-corrected chi connectivity index (χ4v) is 5.56. The predicted molar refractivity (Wildman–Crippen MR) is 154 cm³/mol. The first-order valence-corrected chi connectivity index (χ1v) is 13.6. The molecule has 0 atom stereocenters. The lowest BCUT2D eigenvalue weighted by molar-refractivity contribution is 0.260. The number of nitrogens with zero attached hydrogens (tertiary/aromatic N) is 6. The van der Waals surface area contributed by atoms with Crippen LogP contribution in [0.3, 0.4) is 0 Å². The van der Waals surface area contributed by atoms with E-state index >= 15 is 0 Å². The zero-order chi connectivity index (χ0) is 25.8. The lowest BCUT2D eigenvalue weighted by Gasteiger charge is -2.35. The maximum Gasteiger partial charge on any atom is 0.132 e. The first kappa shape index (κ1) is 25.4. The lowest BCUT2D eigenvalue weighted by Crippen LogP contribution is -2.47. The zero-order valence-electron chi connectivity index (χ0n) is 22.8. The van der Waals surface area contributed by atoms with Crippen LogP contribution in [0.4, 0.5) is 5.82 Å². The van der Waals surface area contributed by atoms with Gasteiger partial charge >= 0.3 is 0 Å². The number of aryl methyl sites for hydroxylation is 2. The monoisotopic (exact) mass is 496 g/mol. The van der Waals surface area contributed by atoms with Gasteiger partial charge in [-0.25, -0.2) is 9.97 Å². The molecule has 0 bridgehead atoms. The molecular weight excluding hydrogens is 456 g/mol. The summed E-state index contributed by atoms with van der Waals surface area (Å²) in [5.74, 6) is 1.89. The first-order valence-electron chi connectivity index (χ1n) is 13.6. The van der Waals surface area contributed by atoms with Gasteiger partial charge in [0.05, 0.1) is 5.69 Å². The Hall–Kier alpha value is -3.22. The number of aromatic nitrogens is 3. The summed E-state index contributed by atoms with van der Waals surface area (Å²) < 4.78 is 2.47. The summed E-state index contributed by atoms with van der Waals surface area (Å²) >= 11 is 0. The van der Waals surface area contributed by atoms with Crippen LogP contribution in [0.25, 0.3) is 22.2 Å². The smallest absolute Gasteiger partial charge is 0.132 e. The molecule has 4 aromatic rings. The maximum absolute atomic E-state index is 4.94. The maximum atomic E-state index is 4.94. The summed E-state index contributed by atoms with van der Waals surface area (Å²) in [6, 6.07) is 21.8. The van der Waals surface area contributed by atoms with Gasteiger partial charge in [-0.1, -0.05) is 48.5 Å². The van der Waals surface area contributed by atoms with E-state index in [1.165, 1.54) is 27.7 Å². The van der Waals surface area contributed by atoms with E-state index in [4.69, 9.17) is 9.97 Å². The molecule has 0 amide bonds. The Balaban J connectivity index is 1.35. The van der Waals surface area contributed by atoms with Gasteiger partial charge in [0.1, 0.15) is 11.6 Å². The van der Waals surface area contributed by atoms with E-state index in [0.717, 1.165) is 76.0 Å². The summed E-state index contributed by atoms with van der Waals surface area (Å²) in [7, 11) is 4.28. The van der Waals surface area contributed by atoms with E-state index in [1.807, 2.05) is 6.92 Å². The fourth-order valence-electron chi connectivity index (χ4n) is 5.56. The Kier molecular flexibility index (Phi) is 7.87. The molecule has 1 aliphatic heterocycles. The van der Waals surface area contributed by atoms with Crippen molar-refractivity contribution in [1.82, 2.24) is 24.3 Å². The Morgan fingerprint density at radius 1 is 0.838 bits per heavy atom. The van der Waals surface area contributed by atoms with Crippen LogP contribution < -0.4 is 4.90 Å². The number of para-hydroxylation sites is 1.